The second-order valence-corrected chi connectivity index (χ2v) is 4.93. The largest absolute Gasteiger partial charge is 0.396 e. The molecule has 0 spiro atoms. The van der Waals surface area contributed by atoms with Crippen LogP contribution in [0.3, 0.4) is 0 Å². The van der Waals surface area contributed by atoms with Gasteiger partial charge in [0.1, 0.15) is 0 Å². The van der Waals surface area contributed by atoms with Crippen molar-refractivity contribution in [3.63, 3.8) is 0 Å². The van der Waals surface area contributed by atoms with E-state index in [1.54, 1.807) is 0 Å². The van der Waals surface area contributed by atoms with Gasteiger partial charge >= 0.3 is 0 Å². The summed E-state index contributed by atoms with van der Waals surface area (Å²) >= 11 is 0. The van der Waals surface area contributed by atoms with Crippen molar-refractivity contribution in [1.82, 2.24) is 0 Å². The minimum absolute atomic E-state index is 0.303. The molecule has 0 unspecified atom stereocenters. The van der Waals surface area contributed by atoms with Gasteiger partial charge < -0.3 is 5.11 Å². The Hall–Kier alpha value is -0.0400. The first-order valence-electron chi connectivity index (χ1n) is 4.73. The van der Waals surface area contributed by atoms with Crippen LogP contribution < -0.4 is 0 Å². The second-order valence-electron chi connectivity index (χ2n) is 4.93. The standard InChI is InChI=1S/C10H18O/c1-9(2)8-3-5-10(9,7-11)6-4-8/h8,11H,3-7H2,1-2H3. The van der Waals surface area contributed by atoms with Crippen LogP contribution in [0.4, 0.5) is 0 Å². The van der Waals surface area contributed by atoms with Gasteiger partial charge in [-0.25, -0.2) is 0 Å². The summed E-state index contributed by atoms with van der Waals surface area (Å²) in [5.41, 5.74) is 0.722. The Balaban J connectivity index is 2.34. The molecule has 2 saturated carbocycles. The van der Waals surface area contributed by atoms with E-state index in [0.29, 0.717) is 17.4 Å². The van der Waals surface area contributed by atoms with Gasteiger partial charge in [-0.3, -0.25) is 0 Å². The third-order valence-corrected chi connectivity index (χ3v) is 4.63. The summed E-state index contributed by atoms with van der Waals surface area (Å²) < 4.78 is 0. The molecule has 0 aromatic rings. The molecule has 0 radical (unpaired) electrons. The highest BCUT2D eigenvalue weighted by molar-refractivity contribution is 5.07. The average molecular weight is 154 g/mol. The van der Waals surface area contributed by atoms with Crippen molar-refractivity contribution < 1.29 is 5.11 Å². The Morgan fingerprint density at radius 3 is 2.00 bits per heavy atom. The molecule has 64 valence electrons. The molecule has 11 heavy (non-hydrogen) atoms. The third kappa shape index (κ3) is 0.703. The maximum Gasteiger partial charge on any atom is 0.0492 e. The monoisotopic (exact) mass is 154 g/mol. The molecule has 0 aromatic carbocycles. The van der Waals surface area contributed by atoms with E-state index in [9.17, 15) is 5.11 Å². The van der Waals surface area contributed by atoms with E-state index in [1.807, 2.05) is 0 Å². The minimum Gasteiger partial charge on any atom is -0.396 e. The highest BCUT2D eigenvalue weighted by atomic mass is 16.3. The van der Waals surface area contributed by atoms with Crippen LogP contribution in [-0.2, 0) is 0 Å². The summed E-state index contributed by atoms with van der Waals surface area (Å²) in [6, 6.07) is 0. The normalized spacial score (nSPS) is 46.6. The molecule has 1 N–H and O–H groups in total. The zero-order valence-electron chi connectivity index (χ0n) is 7.56. The number of hydrogen-bond donors (Lipinski definition) is 1. The molecule has 2 bridgehead atoms. The lowest BCUT2D eigenvalue weighted by Crippen LogP contribution is -2.33. The van der Waals surface area contributed by atoms with Crippen molar-refractivity contribution in [2.45, 2.75) is 39.5 Å². The van der Waals surface area contributed by atoms with Gasteiger partial charge in [0, 0.05) is 6.61 Å². The smallest absolute Gasteiger partial charge is 0.0492 e. The molecule has 1 heteroatoms. The fraction of sp³-hybridized carbons (Fsp3) is 1.00. The average Bonchev–Trinajstić information content (AvgIpc) is 2.39. The Bertz CT molecular complexity index is 164. The molecule has 0 heterocycles. The number of fused-ring (bicyclic) bond motifs is 2. The molecule has 0 aromatic heterocycles. The predicted molar refractivity (Wildman–Crippen MR) is 45.3 cm³/mol. The van der Waals surface area contributed by atoms with E-state index in [2.05, 4.69) is 13.8 Å². The quantitative estimate of drug-likeness (QED) is 0.614. The number of aliphatic hydroxyl groups is 1. The highest BCUT2D eigenvalue weighted by Crippen LogP contribution is 2.65. The number of rotatable bonds is 1. The van der Waals surface area contributed by atoms with Crippen LogP contribution >= 0.6 is 0 Å². The first-order valence-corrected chi connectivity index (χ1v) is 4.73. The molecule has 0 saturated heterocycles. The van der Waals surface area contributed by atoms with Gasteiger partial charge in [0.15, 0.2) is 0 Å². The number of aliphatic hydroxyl groups excluding tert-OH is 1. The molecule has 0 amide bonds. The Kier molecular flexibility index (Phi) is 1.39. The molecule has 2 aliphatic carbocycles. The van der Waals surface area contributed by atoms with Crippen LogP contribution in [0, 0.1) is 16.7 Å². The van der Waals surface area contributed by atoms with Gasteiger partial charge in [-0.15, -0.1) is 0 Å². The van der Waals surface area contributed by atoms with Crippen LogP contribution in [0.2, 0.25) is 0 Å². The fourth-order valence-electron chi connectivity index (χ4n) is 3.33. The molecule has 2 rings (SSSR count). The third-order valence-electron chi connectivity index (χ3n) is 4.63. The molecule has 2 fully saturated rings. The summed E-state index contributed by atoms with van der Waals surface area (Å²) in [5.74, 6) is 0.898. The summed E-state index contributed by atoms with van der Waals surface area (Å²) in [6.45, 7) is 5.10. The van der Waals surface area contributed by atoms with Gasteiger partial charge in [-0.1, -0.05) is 13.8 Å². The lowest BCUT2D eigenvalue weighted by molar-refractivity contribution is 0.0468. The van der Waals surface area contributed by atoms with Gasteiger partial charge in [-0.2, -0.15) is 0 Å². The Morgan fingerprint density at radius 1 is 1.27 bits per heavy atom. The lowest BCUT2D eigenvalue weighted by atomic mass is 9.70. The van der Waals surface area contributed by atoms with E-state index < -0.39 is 0 Å². The summed E-state index contributed by atoms with van der Waals surface area (Å²) in [5, 5.41) is 9.38. The zero-order chi connectivity index (χ0) is 8.11. The first-order chi connectivity index (χ1) is 5.12. The zero-order valence-corrected chi connectivity index (χ0v) is 7.56. The van der Waals surface area contributed by atoms with Crippen molar-refractivity contribution in [3.8, 4) is 0 Å². The lowest BCUT2D eigenvalue weighted by Gasteiger charge is -2.36. The molecule has 0 aliphatic heterocycles. The number of hydrogen-bond acceptors (Lipinski definition) is 1. The summed E-state index contributed by atoms with van der Waals surface area (Å²) in [4.78, 5) is 0. The van der Waals surface area contributed by atoms with E-state index in [1.165, 1.54) is 25.7 Å². The summed E-state index contributed by atoms with van der Waals surface area (Å²) in [7, 11) is 0. The van der Waals surface area contributed by atoms with Crippen LogP contribution in [0.15, 0.2) is 0 Å². The van der Waals surface area contributed by atoms with Crippen LogP contribution in [-0.4, -0.2) is 11.7 Å². The van der Waals surface area contributed by atoms with Crippen molar-refractivity contribution in [3.05, 3.63) is 0 Å². The Labute approximate surface area is 68.8 Å². The second kappa shape index (κ2) is 2.01. The van der Waals surface area contributed by atoms with E-state index >= 15 is 0 Å². The van der Waals surface area contributed by atoms with Crippen molar-refractivity contribution >= 4 is 0 Å². The predicted octanol–water partition coefficient (Wildman–Crippen LogP) is 2.20. The maximum absolute atomic E-state index is 9.38. The summed E-state index contributed by atoms with van der Waals surface area (Å²) in [6.07, 6.45) is 5.24. The fourth-order valence-corrected chi connectivity index (χ4v) is 3.33. The topological polar surface area (TPSA) is 20.2 Å². The van der Waals surface area contributed by atoms with E-state index in [0.717, 1.165) is 5.92 Å². The van der Waals surface area contributed by atoms with Crippen molar-refractivity contribution in [2.24, 2.45) is 16.7 Å². The molecule has 0 atom stereocenters. The van der Waals surface area contributed by atoms with Gasteiger partial charge in [0.05, 0.1) is 0 Å². The van der Waals surface area contributed by atoms with Gasteiger partial charge in [0.25, 0.3) is 0 Å². The first kappa shape index (κ1) is 7.60. The van der Waals surface area contributed by atoms with Crippen molar-refractivity contribution in [1.29, 1.82) is 0 Å². The minimum atomic E-state index is 0.303. The SMILES string of the molecule is CC1(C)C2CCC1(CO)CC2. The molecular formula is C10H18O. The van der Waals surface area contributed by atoms with Crippen LogP contribution in [0.5, 0.6) is 0 Å². The van der Waals surface area contributed by atoms with Crippen molar-refractivity contribution in [2.75, 3.05) is 6.61 Å². The van der Waals surface area contributed by atoms with Crippen LogP contribution in [0.1, 0.15) is 39.5 Å². The van der Waals surface area contributed by atoms with Gasteiger partial charge in [-0.05, 0) is 42.4 Å². The van der Waals surface area contributed by atoms with E-state index in [4.69, 9.17) is 0 Å². The highest BCUT2D eigenvalue weighted by Gasteiger charge is 2.58. The molecule has 2 aliphatic rings. The van der Waals surface area contributed by atoms with E-state index in [-0.39, 0.29) is 0 Å². The maximum atomic E-state index is 9.38. The Morgan fingerprint density at radius 2 is 1.82 bits per heavy atom. The molecule has 1 nitrogen and oxygen atoms in total. The van der Waals surface area contributed by atoms with Gasteiger partial charge in [0.2, 0.25) is 0 Å². The molecular weight excluding hydrogens is 136 g/mol. The van der Waals surface area contributed by atoms with Crippen LogP contribution in [0.25, 0.3) is 0 Å².